The Morgan fingerprint density at radius 2 is 2.22 bits per heavy atom. The fraction of sp³-hybridized carbons (Fsp3) is 0.455. The number of aryl methyl sites for hydroxylation is 2. The molecular formula is C11H15N5O2. The van der Waals surface area contributed by atoms with Gasteiger partial charge in [-0.05, 0) is 19.9 Å². The molecule has 0 fully saturated rings. The van der Waals surface area contributed by atoms with Crippen molar-refractivity contribution in [3.05, 3.63) is 23.3 Å². The number of amides is 1. The molecule has 2 rings (SSSR count). The Hall–Kier alpha value is -2.02. The van der Waals surface area contributed by atoms with E-state index in [4.69, 9.17) is 4.74 Å². The number of ether oxygens (including phenoxy) is 1. The van der Waals surface area contributed by atoms with Crippen LogP contribution in [0.2, 0.25) is 0 Å². The number of nitrogens with zero attached hydrogens (tertiary/aromatic N) is 4. The molecule has 0 saturated heterocycles. The van der Waals surface area contributed by atoms with Gasteiger partial charge in [-0.3, -0.25) is 4.79 Å². The summed E-state index contributed by atoms with van der Waals surface area (Å²) in [4.78, 5) is 20.1. The van der Waals surface area contributed by atoms with Gasteiger partial charge < -0.3 is 10.1 Å². The van der Waals surface area contributed by atoms with Gasteiger partial charge in [-0.15, -0.1) is 5.10 Å². The quantitative estimate of drug-likeness (QED) is 0.778. The average molecular weight is 249 g/mol. The van der Waals surface area contributed by atoms with Gasteiger partial charge in [0.25, 0.3) is 11.7 Å². The highest BCUT2D eigenvalue weighted by molar-refractivity contribution is 5.90. The molecule has 0 atom stereocenters. The molecule has 0 bridgehead atoms. The van der Waals surface area contributed by atoms with E-state index < -0.39 is 0 Å². The van der Waals surface area contributed by atoms with Gasteiger partial charge in [0.2, 0.25) is 5.82 Å². The zero-order chi connectivity index (χ0) is 13.1. The highest BCUT2D eigenvalue weighted by Gasteiger charge is 2.14. The summed E-state index contributed by atoms with van der Waals surface area (Å²) in [7, 11) is 1.57. The van der Waals surface area contributed by atoms with E-state index in [1.54, 1.807) is 11.6 Å². The minimum Gasteiger partial charge on any atom is -0.383 e. The van der Waals surface area contributed by atoms with E-state index in [9.17, 15) is 4.79 Å². The Morgan fingerprint density at radius 3 is 2.94 bits per heavy atom. The lowest BCUT2D eigenvalue weighted by Gasteiger charge is -1.99. The van der Waals surface area contributed by atoms with E-state index in [0.29, 0.717) is 18.9 Å². The molecule has 7 nitrogen and oxygen atoms in total. The van der Waals surface area contributed by atoms with E-state index in [2.05, 4.69) is 20.4 Å². The molecule has 18 heavy (non-hydrogen) atoms. The standard InChI is InChI=1S/C11H15N5O2/c1-7-6-8(2)16-11(13-7)14-9(15-16)10(17)12-4-5-18-3/h6H,4-5H2,1-3H3,(H,12,17). The second kappa shape index (κ2) is 5.09. The molecule has 2 heterocycles. The Kier molecular flexibility index (Phi) is 3.52. The van der Waals surface area contributed by atoms with Gasteiger partial charge in [0.05, 0.1) is 6.61 Å². The molecule has 0 aliphatic heterocycles. The third-order valence-electron chi connectivity index (χ3n) is 2.41. The van der Waals surface area contributed by atoms with Crippen LogP contribution in [0.1, 0.15) is 22.0 Å². The van der Waals surface area contributed by atoms with Crippen molar-refractivity contribution in [2.45, 2.75) is 13.8 Å². The lowest BCUT2D eigenvalue weighted by atomic mass is 10.4. The zero-order valence-electron chi connectivity index (χ0n) is 10.6. The van der Waals surface area contributed by atoms with Crippen molar-refractivity contribution < 1.29 is 9.53 Å². The second-order valence-corrected chi connectivity index (χ2v) is 3.93. The molecule has 0 unspecified atom stereocenters. The van der Waals surface area contributed by atoms with Crippen molar-refractivity contribution in [2.75, 3.05) is 20.3 Å². The fourth-order valence-corrected chi connectivity index (χ4v) is 1.61. The Balaban J connectivity index is 2.24. The smallest absolute Gasteiger partial charge is 0.291 e. The average Bonchev–Trinajstić information content (AvgIpc) is 2.73. The van der Waals surface area contributed by atoms with Gasteiger partial charge in [0.15, 0.2) is 0 Å². The van der Waals surface area contributed by atoms with Crippen molar-refractivity contribution in [2.24, 2.45) is 0 Å². The Morgan fingerprint density at radius 1 is 1.44 bits per heavy atom. The van der Waals surface area contributed by atoms with Gasteiger partial charge in [0, 0.05) is 25.0 Å². The molecule has 1 N–H and O–H groups in total. The van der Waals surface area contributed by atoms with Crippen LogP contribution in [0.4, 0.5) is 0 Å². The maximum absolute atomic E-state index is 11.8. The number of methoxy groups -OCH3 is 1. The van der Waals surface area contributed by atoms with Crippen LogP contribution in [0.5, 0.6) is 0 Å². The minimum absolute atomic E-state index is 0.118. The summed E-state index contributed by atoms with van der Waals surface area (Å²) >= 11 is 0. The molecule has 0 saturated carbocycles. The molecule has 7 heteroatoms. The van der Waals surface area contributed by atoms with Crippen molar-refractivity contribution in [1.29, 1.82) is 0 Å². The number of nitrogens with one attached hydrogen (secondary N) is 1. The number of carbonyl (C=O) groups is 1. The first-order valence-corrected chi connectivity index (χ1v) is 5.60. The number of fused-ring (bicyclic) bond motifs is 1. The number of rotatable bonds is 4. The number of hydrogen-bond donors (Lipinski definition) is 1. The summed E-state index contributed by atoms with van der Waals surface area (Å²) in [5, 5.41) is 6.79. The topological polar surface area (TPSA) is 81.4 Å². The molecule has 1 amide bonds. The van der Waals surface area contributed by atoms with E-state index in [1.807, 2.05) is 19.9 Å². The van der Waals surface area contributed by atoms with E-state index in [1.165, 1.54) is 0 Å². The maximum Gasteiger partial charge on any atom is 0.291 e. The molecule has 0 aromatic carbocycles. The second-order valence-electron chi connectivity index (χ2n) is 3.93. The van der Waals surface area contributed by atoms with E-state index in [-0.39, 0.29) is 11.7 Å². The van der Waals surface area contributed by atoms with Gasteiger partial charge in [0.1, 0.15) is 0 Å². The number of carbonyl (C=O) groups excluding carboxylic acids is 1. The minimum atomic E-state index is -0.324. The largest absolute Gasteiger partial charge is 0.383 e. The summed E-state index contributed by atoms with van der Waals surface area (Å²) < 4.78 is 6.40. The molecule has 96 valence electrons. The van der Waals surface area contributed by atoms with E-state index in [0.717, 1.165) is 11.4 Å². The van der Waals surface area contributed by atoms with Crippen LogP contribution in [0, 0.1) is 13.8 Å². The lowest BCUT2D eigenvalue weighted by molar-refractivity contribution is 0.0927. The summed E-state index contributed by atoms with van der Waals surface area (Å²) in [6, 6.07) is 1.88. The summed E-state index contributed by atoms with van der Waals surface area (Å²) in [5.41, 5.74) is 1.74. The third-order valence-corrected chi connectivity index (χ3v) is 2.41. The summed E-state index contributed by atoms with van der Waals surface area (Å²) in [6.07, 6.45) is 0. The van der Waals surface area contributed by atoms with Gasteiger partial charge >= 0.3 is 0 Å². The van der Waals surface area contributed by atoms with Crippen LogP contribution in [-0.2, 0) is 4.74 Å². The lowest BCUT2D eigenvalue weighted by Crippen LogP contribution is -2.27. The summed E-state index contributed by atoms with van der Waals surface area (Å²) in [6.45, 7) is 4.65. The first-order valence-electron chi connectivity index (χ1n) is 5.60. The third kappa shape index (κ3) is 2.45. The normalized spacial score (nSPS) is 10.8. The van der Waals surface area contributed by atoms with Gasteiger partial charge in [-0.1, -0.05) is 0 Å². The van der Waals surface area contributed by atoms with Crippen LogP contribution < -0.4 is 5.32 Å². The van der Waals surface area contributed by atoms with Crippen molar-refractivity contribution in [1.82, 2.24) is 24.9 Å². The Labute approximate surface area is 104 Å². The predicted octanol–water partition coefficient (Wildman–Crippen LogP) is 0.117. The van der Waals surface area contributed by atoms with Crippen LogP contribution in [0.25, 0.3) is 5.78 Å². The monoisotopic (exact) mass is 249 g/mol. The van der Waals surface area contributed by atoms with Crippen LogP contribution in [-0.4, -0.2) is 45.8 Å². The van der Waals surface area contributed by atoms with Gasteiger partial charge in [-0.2, -0.15) is 4.98 Å². The molecule has 0 aliphatic carbocycles. The molecular weight excluding hydrogens is 234 g/mol. The fourth-order valence-electron chi connectivity index (χ4n) is 1.61. The predicted molar refractivity (Wildman–Crippen MR) is 64.5 cm³/mol. The highest BCUT2D eigenvalue weighted by atomic mass is 16.5. The molecule has 0 spiro atoms. The van der Waals surface area contributed by atoms with Crippen LogP contribution >= 0.6 is 0 Å². The summed E-state index contributed by atoms with van der Waals surface area (Å²) in [5.74, 6) is 0.228. The first kappa shape index (κ1) is 12.4. The van der Waals surface area contributed by atoms with Crippen LogP contribution in [0.15, 0.2) is 6.07 Å². The highest BCUT2D eigenvalue weighted by Crippen LogP contribution is 2.05. The maximum atomic E-state index is 11.8. The molecule has 2 aromatic rings. The Bertz CT molecular complexity index is 578. The SMILES string of the molecule is COCCNC(=O)c1nc2nc(C)cc(C)n2n1. The van der Waals surface area contributed by atoms with Crippen molar-refractivity contribution in [3.8, 4) is 0 Å². The number of hydrogen-bond acceptors (Lipinski definition) is 5. The van der Waals surface area contributed by atoms with Crippen molar-refractivity contribution >= 4 is 11.7 Å². The van der Waals surface area contributed by atoms with Crippen molar-refractivity contribution in [3.63, 3.8) is 0 Å². The first-order chi connectivity index (χ1) is 8.61. The zero-order valence-corrected chi connectivity index (χ0v) is 10.6. The molecule has 0 aliphatic rings. The van der Waals surface area contributed by atoms with E-state index >= 15 is 0 Å². The molecule has 0 radical (unpaired) electrons. The van der Waals surface area contributed by atoms with Gasteiger partial charge in [-0.25, -0.2) is 9.50 Å². The van der Waals surface area contributed by atoms with Crippen LogP contribution in [0.3, 0.4) is 0 Å². The molecule has 2 aromatic heterocycles. The number of aromatic nitrogens is 4.